The van der Waals surface area contributed by atoms with Gasteiger partial charge in [0.25, 0.3) is 5.91 Å². The van der Waals surface area contributed by atoms with Gasteiger partial charge < -0.3 is 9.64 Å². The summed E-state index contributed by atoms with van der Waals surface area (Å²) in [4.78, 5) is 38.9. The molecule has 3 amide bonds. The summed E-state index contributed by atoms with van der Waals surface area (Å²) in [5.74, 6) is -1.47. The number of nitrogens with one attached hydrogen (secondary N) is 2. The van der Waals surface area contributed by atoms with Crippen LogP contribution in [0.4, 0.5) is 10.1 Å². The van der Waals surface area contributed by atoms with E-state index in [2.05, 4.69) is 10.9 Å². The van der Waals surface area contributed by atoms with Gasteiger partial charge in [-0.15, -0.1) is 11.8 Å². The molecule has 2 N–H and O–H groups in total. The van der Waals surface area contributed by atoms with Crippen molar-refractivity contribution < 1.29 is 23.5 Å². The van der Waals surface area contributed by atoms with Crippen LogP contribution in [0.2, 0.25) is 0 Å². The molecule has 1 aliphatic rings. The number of hydrazine groups is 1. The number of carbonyl (C=O) groups is 3. The molecule has 9 heteroatoms. The summed E-state index contributed by atoms with van der Waals surface area (Å²) >= 11 is 1.46. The van der Waals surface area contributed by atoms with Crippen molar-refractivity contribution in [3.05, 3.63) is 54.3 Å². The minimum Gasteiger partial charge on any atom is -0.478 e. The van der Waals surface area contributed by atoms with Crippen LogP contribution in [0.3, 0.4) is 0 Å². The fourth-order valence-electron chi connectivity index (χ4n) is 2.69. The zero-order valence-electron chi connectivity index (χ0n) is 15.7. The highest BCUT2D eigenvalue weighted by molar-refractivity contribution is 8.00. The van der Waals surface area contributed by atoms with Crippen molar-refractivity contribution in [2.45, 2.75) is 24.3 Å². The lowest BCUT2D eigenvalue weighted by Crippen LogP contribution is -2.48. The van der Waals surface area contributed by atoms with Gasteiger partial charge >= 0.3 is 0 Å². The first kappa shape index (κ1) is 20.7. The van der Waals surface area contributed by atoms with Crippen LogP contribution in [-0.2, 0) is 14.4 Å². The number of nitrogens with zero attached hydrogens (tertiary/aromatic N) is 1. The van der Waals surface area contributed by atoms with Crippen molar-refractivity contribution >= 4 is 35.2 Å². The number of ether oxygens (including phenoxy) is 1. The maximum atomic E-state index is 13.6. The number of hydrogen-bond acceptors (Lipinski definition) is 5. The van der Waals surface area contributed by atoms with E-state index in [0.29, 0.717) is 5.75 Å². The Morgan fingerprint density at radius 3 is 2.69 bits per heavy atom. The smallest absolute Gasteiger partial charge is 0.279 e. The van der Waals surface area contributed by atoms with Crippen LogP contribution in [-0.4, -0.2) is 36.1 Å². The number of amides is 3. The van der Waals surface area contributed by atoms with Crippen molar-refractivity contribution in [3.63, 3.8) is 0 Å². The quantitative estimate of drug-likeness (QED) is 0.704. The molecule has 1 aliphatic heterocycles. The summed E-state index contributed by atoms with van der Waals surface area (Å²) in [5.41, 5.74) is 5.31. The van der Waals surface area contributed by atoms with Gasteiger partial charge in [-0.2, -0.15) is 0 Å². The van der Waals surface area contributed by atoms with Gasteiger partial charge in [0.1, 0.15) is 0 Å². The number of fused-ring (bicyclic) bond motifs is 1. The number of carbonyl (C=O) groups excluding carboxylic acids is 3. The molecule has 2 aromatic rings. The largest absolute Gasteiger partial charge is 0.478 e. The molecule has 0 saturated heterocycles. The van der Waals surface area contributed by atoms with Gasteiger partial charge in [0.15, 0.2) is 17.7 Å². The van der Waals surface area contributed by atoms with E-state index in [4.69, 9.17) is 4.74 Å². The fourth-order valence-corrected chi connectivity index (χ4v) is 3.63. The Balaban J connectivity index is 1.47. The van der Waals surface area contributed by atoms with Gasteiger partial charge in [-0.1, -0.05) is 24.3 Å². The third kappa shape index (κ3) is 5.26. The lowest BCUT2D eigenvalue weighted by atomic mass is 10.2. The molecule has 0 aromatic heterocycles. The van der Waals surface area contributed by atoms with Crippen molar-refractivity contribution in [1.29, 1.82) is 0 Å². The zero-order valence-corrected chi connectivity index (χ0v) is 16.5. The summed E-state index contributed by atoms with van der Waals surface area (Å²) in [6.45, 7) is 1.63. The molecule has 1 heterocycles. The second-order valence-electron chi connectivity index (χ2n) is 6.28. The Labute approximate surface area is 171 Å². The monoisotopic (exact) mass is 417 g/mol. The van der Waals surface area contributed by atoms with E-state index in [1.165, 1.54) is 36.9 Å². The van der Waals surface area contributed by atoms with Crippen LogP contribution in [0, 0.1) is 5.82 Å². The van der Waals surface area contributed by atoms with E-state index in [1.54, 1.807) is 11.0 Å². The Morgan fingerprint density at radius 1 is 1.17 bits per heavy atom. The maximum Gasteiger partial charge on any atom is 0.279 e. The lowest BCUT2D eigenvalue weighted by Gasteiger charge is -2.28. The third-order valence-electron chi connectivity index (χ3n) is 4.21. The number of para-hydroxylation sites is 2. The fraction of sp³-hybridized carbons (Fsp3) is 0.250. The van der Waals surface area contributed by atoms with Crippen LogP contribution in [0.25, 0.3) is 0 Å². The predicted octanol–water partition coefficient (Wildman–Crippen LogP) is 2.27. The maximum absolute atomic E-state index is 13.6. The first-order valence-electron chi connectivity index (χ1n) is 8.98. The first-order chi connectivity index (χ1) is 14.0. The normalized spacial score (nSPS) is 14.0. The van der Waals surface area contributed by atoms with Crippen LogP contribution in [0.1, 0.15) is 13.3 Å². The highest BCUT2D eigenvalue weighted by Gasteiger charge is 2.25. The van der Waals surface area contributed by atoms with Gasteiger partial charge in [-0.3, -0.25) is 25.2 Å². The Bertz CT molecular complexity index is 924. The molecular weight excluding hydrogens is 397 g/mol. The molecule has 3 rings (SSSR count). The van der Waals surface area contributed by atoms with Crippen molar-refractivity contribution in [2.75, 3.05) is 17.2 Å². The van der Waals surface area contributed by atoms with Crippen molar-refractivity contribution in [1.82, 2.24) is 10.9 Å². The van der Waals surface area contributed by atoms with Gasteiger partial charge in [0, 0.05) is 17.9 Å². The summed E-state index contributed by atoms with van der Waals surface area (Å²) < 4.78 is 18.8. The minimum absolute atomic E-state index is 0.00751. The average molecular weight is 417 g/mol. The highest BCUT2D eigenvalue weighted by Crippen LogP contribution is 2.34. The molecule has 0 bridgehead atoms. The lowest BCUT2D eigenvalue weighted by molar-refractivity contribution is -0.132. The Kier molecular flexibility index (Phi) is 6.71. The first-order valence-corrected chi connectivity index (χ1v) is 9.96. The number of benzene rings is 2. The topological polar surface area (TPSA) is 87.7 Å². The van der Waals surface area contributed by atoms with Gasteiger partial charge in [-0.05, 0) is 31.2 Å². The second kappa shape index (κ2) is 9.42. The molecule has 0 unspecified atom stereocenters. The molecule has 7 nitrogen and oxygen atoms in total. The number of halogens is 1. The number of hydrogen-bond donors (Lipinski definition) is 2. The third-order valence-corrected chi connectivity index (χ3v) is 5.25. The zero-order chi connectivity index (χ0) is 20.8. The van der Waals surface area contributed by atoms with Crippen LogP contribution in [0.5, 0.6) is 5.75 Å². The van der Waals surface area contributed by atoms with E-state index in [1.807, 2.05) is 24.3 Å². The van der Waals surface area contributed by atoms with Gasteiger partial charge in [0.2, 0.25) is 11.8 Å². The number of anilines is 1. The van der Waals surface area contributed by atoms with Crippen LogP contribution < -0.4 is 20.5 Å². The molecular formula is C20H20FN3O4S. The molecule has 0 fully saturated rings. The number of thioether (sulfide) groups is 1. The molecule has 0 aliphatic carbocycles. The summed E-state index contributed by atoms with van der Waals surface area (Å²) in [7, 11) is 0. The average Bonchev–Trinajstić information content (AvgIpc) is 2.72. The molecule has 0 saturated carbocycles. The SMILES string of the molecule is C[C@H](Oc1ccccc1F)C(=O)NNC(=O)CCN1C(=O)CSc2ccccc21. The predicted molar refractivity (Wildman–Crippen MR) is 107 cm³/mol. The van der Waals surface area contributed by atoms with Crippen molar-refractivity contribution in [3.8, 4) is 5.75 Å². The van der Waals surface area contributed by atoms with Gasteiger partial charge in [0.05, 0.1) is 11.4 Å². The van der Waals surface area contributed by atoms with E-state index < -0.39 is 23.7 Å². The van der Waals surface area contributed by atoms with E-state index in [-0.39, 0.29) is 24.6 Å². The summed E-state index contributed by atoms with van der Waals surface area (Å²) in [6.07, 6.45) is -1.01. The molecule has 0 radical (unpaired) electrons. The van der Waals surface area contributed by atoms with Crippen molar-refractivity contribution in [2.24, 2.45) is 0 Å². The highest BCUT2D eigenvalue weighted by atomic mass is 32.2. The summed E-state index contributed by atoms with van der Waals surface area (Å²) in [6, 6.07) is 13.2. The number of rotatable bonds is 6. The summed E-state index contributed by atoms with van der Waals surface area (Å²) in [5, 5.41) is 0. The standard InChI is InChI=1S/C20H20FN3O4S/c1-13(28-16-8-4-2-6-14(16)21)20(27)23-22-18(25)10-11-24-15-7-3-5-9-17(15)29-12-19(24)26/h2-9,13H,10-12H2,1H3,(H,22,25)(H,23,27)/t13-/m0/s1. The van der Waals surface area contributed by atoms with Crippen LogP contribution >= 0.6 is 11.8 Å². The van der Waals surface area contributed by atoms with Gasteiger partial charge in [-0.25, -0.2) is 4.39 Å². The molecule has 2 aromatic carbocycles. The molecule has 0 spiro atoms. The van der Waals surface area contributed by atoms with E-state index in [9.17, 15) is 18.8 Å². The molecule has 29 heavy (non-hydrogen) atoms. The van der Waals surface area contributed by atoms with E-state index in [0.717, 1.165) is 10.6 Å². The minimum atomic E-state index is -1.01. The Morgan fingerprint density at radius 2 is 1.90 bits per heavy atom. The molecule has 1 atom stereocenters. The molecule has 152 valence electrons. The second-order valence-corrected chi connectivity index (χ2v) is 7.30. The Hall–Kier alpha value is -3.07. The van der Waals surface area contributed by atoms with Crippen LogP contribution in [0.15, 0.2) is 53.4 Å². The van der Waals surface area contributed by atoms with E-state index >= 15 is 0 Å².